The van der Waals surface area contributed by atoms with Crippen molar-refractivity contribution in [3.05, 3.63) is 29.3 Å². The molecule has 0 aromatic heterocycles. The molecule has 2 fully saturated rings. The van der Waals surface area contributed by atoms with Crippen molar-refractivity contribution in [3.63, 3.8) is 0 Å². The minimum atomic E-state index is -3.35. The second kappa shape index (κ2) is 4.83. The maximum Gasteiger partial charge on any atom is 0.243 e. The van der Waals surface area contributed by atoms with Crippen molar-refractivity contribution in [2.75, 3.05) is 26.2 Å². The number of benzene rings is 1. The van der Waals surface area contributed by atoms with E-state index in [-0.39, 0.29) is 5.41 Å². The van der Waals surface area contributed by atoms with Crippen LogP contribution in [0.2, 0.25) is 0 Å². The molecule has 1 unspecified atom stereocenters. The summed E-state index contributed by atoms with van der Waals surface area (Å²) >= 11 is 0. The first kappa shape index (κ1) is 14.0. The van der Waals surface area contributed by atoms with Gasteiger partial charge in [0.2, 0.25) is 10.0 Å². The number of hydrogen-bond donors (Lipinski definition) is 1. The molecule has 5 heteroatoms. The van der Waals surface area contributed by atoms with Gasteiger partial charge in [0.05, 0.1) is 4.90 Å². The summed E-state index contributed by atoms with van der Waals surface area (Å²) in [6.45, 7) is 7.08. The van der Waals surface area contributed by atoms with E-state index in [1.165, 1.54) is 0 Å². The van der Waals surface area contributed by atoms with E-state index in [1.54, 1.807) is 10.4 Å². The molecule has 1 aromatic carbocycles. The Bertz CT molecular complexity index is 619. The maximum absolute atomic E-state index is 12.9. The molecule has 20 heavy (non-hydrogen) atoms. The Balaban J connectivity index is 1.91. The number of aryl methyl sites for hydroxylation is 2. The van der Waals surface area contributed by atoms with Crippen LogP contribution in [0.15, 0.2) is 23.1 Å². The van der Waals surface area contributed by atoms with Gasteiger partial charge in [-0.05, 0) is 55.8 Å². The zero-order chi connectivity index (χ0) is 14.4. The molecule has 3 rings (SSSR count). The summed E-state index contributed by atoms with van der Waals surface area (Å²) in [5, 5.41) is 3.37. The Morgan fingerprint density at radius 3 is 2.75 bits per heavy atom. The topological polar surface area (TPSA) is 49.4 Å². The largest absolute Gasteiger partial charge is 0.316 e. The predicted molar refractivity (Wildman–Crippen MR) is 79.2 cm³/mol. The Morgan fingerprint density at radius 1 is 1.25 bits per heavy atom. The van der Waals surface area contributed by atoms with Gasteiger partial charge in [0, 0.05) is 19.6 Å². The van der Waals surface area contributed by atoms with Gasteiger partial charge in [-0.25, -0.2) is 8.42 Å². The Labute approximate surface area is 121 Å². The van der Waals surface area contributed by atoms with Crippen molar-refractivity contribution in [2.24, 2.45) is 5.41 Å². The Hall–Kier alpha value is -0.910. The molecular formula is C15H22N2O2S. The molecule has 2 saturated heterocycles. The van der Waals surface area contributed by atoms with Crippen LogP contribution in [-0.2, 0) is 10.0 Å². The second-order valence-corrected chi connectivity index (χ2v) is 8.19. The molecule has 110 valence electrons. The van der Waals surface area contributed by atoms with Crippen molar-refractivity contribution < 1.29 is 8.42 Å². The van der Waals surface area contributed by atoms with Crippen molar-refractivity contribution >= 4 is 10.0 Å². The van der Waals surface area contributed by atoms with Crippen LogP contribution in [0.3, 0.4) is 0 Å². The van der Waals surface area contributed by atoms with Gasteiger partial charge in [0.1, 0.15) is 0 Å². The van der Waals surface area contributed by atoms with Crippen LogP contribution in [0.25, 0.3) is 0 Å². The fourth-order valence-electron chi connectivity index (χ4n) is 3.37. The summed E-state index contributed by atoms with van der Waals surface area (Å²) in [5.41, 5.74) is 2.00. The van der Waals surface area contributed by atoms with E-state index in [9.17, 15) is 8.42 Å². The molecule has 0 saturated carbocycles. The number of sulfonamides is 1. The highest BCUT2D eigenvalue weighted by Gasteiger charge is 2.44. The first-order valence-corrected chi connectivity index (χ1v) is 8.65. The summed E-state index contributed by atoms with van der Waals surface area (Å²) < 4.78 is 27.4. The molecule has 0 aliphatic carbocycles. The molecule has 1 spiro atoms. The maximum atomic E-state index is 12.9. The minimum Gasteiger partial charge on any atom is -0.316 e. The lowest BCUT2D eigenvalue weighted by atomic mass is 9.87. The van der Waals surface area contributed by atoms with Crippen LogP contribution in [0.5, 0.6) is 0 Å². The van der Waals surface area contributed by atoms with Crippen LogP contribution in [-0.4, -0.2) is 38.9 Å². The minimum absolute atomic E-state index is 0.171. The quantitative estimate of drug-likeness (QED) is 0.903. The van der Waals surface area contributed by atoms with E-state index in [0.29, 0.717) is 18.0 Å². The normalized spacial score (nSPS) is 27.5. The van der Waals surface area contributed by atoms with Gasteiger partial charge in [-0.3, -0.25) is 0 Å². The first-order valence-electron chi connectivity index (χ1n) is 7.21. The molecule has 1 N–H and O–H groups in total. The molecule has 2 aliphatic rings. The summed E-state index contributed by atoms with van der Waals surface area (Å²) in [7, 11) is -3.35. The third-order valence-corrected chi connectivity index (χ3v) is 6.68. The summed E-state index contributed by atoms with van der Waals surface area (Å²) in [4.78, 5) is 0.473. The van der Waals surface area contributed by atoms with Crippen LogP contribution >= 0.6 is 0 Å². The number of hydrogen-bond acceptors (Lipinski definition) is 3. The van der Waals surface area contributed by atoms with Crippen molar-refractivity contribution in [2.45, 2.75) is 31.6 Å². The van der Waals surface area contributed by atoms with Crippen molar-refractivity contribution in [3.8, 4) is 0 Å². The van der Waals surface area contributed by atoms with Crippen LogP contribution in [0, 0.1) is 19.3 Å². The van der Waals surface area contributed by atoms with E-state index >= 15 is 0 Å². The first-order chi connectivity index (χ1) is 9.43. The number of nitrogens with one attached hydrogen (secondary N) is 1. The van der Waals surface area contributed by atoms with E-state index in [1.807, 2.05) is 26.0 Å². The Morgan fingerprint density at radius 2 is 2.05 bits per heavy atom. The fourth-order valence-corrected chi connectivity index (χ4v) is 5.23. The molecule has 1 atom stereocenters. The fraction of sp³-hybridized carbons (Fsp3) is 0.600. The summed E-state index contributed by atoms with van der Waals surface area (Å²) in [6.07, 6.45) is 2.07. The smallest absolute Gasteiger partial charge is 0.243 e. The van der Waals surface area contributed by atoms with Crippen LogP contribution < -0.4 is 5.32 Å². The van der Waals surface area contributed by atoms with E-state index in [4.69, 9.17) is 0 Å². The highest BCUT2D eigenvalue weighted by atomic mass is 32.2. The van der Waals surface area contributed by atoms with Gasteiger partial charge >= 0.3 is 0 Å². The monoisotopic (exact) mass is 294 g/mol. The van der Waals surface area contributed by atoms with Gasteiger partial charge in [-0.1, -0.05) is 12.1 Å². The summed E-state index contributed by atoms with van der Waals surface area (Å²) in [6, 6.07) is 5.65. The Kier molecular flexibility index (Phi) is 3.39. The molecule has 1 aromatic rings. The van der Waals surface area contributed by atoms with Crippen LogP contribution in [0.4, 0.5) is 0 Å². The summed E-state index contributed by atoms with van der Waals surface area (Å²) in [5.74, 6) is 0. The van der Waals surface area contributed by atoms with Gasteiger partial charge in [0.25, 0.3) is 0 Å². The second-order valence-electron chi connectivity index (χ2n) is 6.28. The third kappa shape index (κ3) is 2.28. The standard InChI is InChI=1S/C15H22N2O2S/c1-12-3-4-13(2)14(9-12)20(18,19)17-8-6-15(11-17)5-7-16-10-15/h3-4,9,16H,5-8,10-11H2,1-2H3. The molecule has 2 aliphatic heterocycles. The highest BCUT2D eigenvalue weighted by molar-refractivity contribution is 7.89. The highest BCUT2D eigenvalue weighted by Crippen LogP contribution is 2.38. The lowest BCUT2D eigenvalue weighted by Gasteiger charge is -2.23. The molecule has 0 radical (unpaired) electrons. The van der Waals surface area contributed by atoms with Gasteiger partial charge in [0.15, 0.2) is 0 Å². The predicted octanol–water partition coefficient (Wildman–Crippen LogP) is 1.68. The van der Waals surface area contributed by atoms with Gasteiger partial charge < -0.3 is 5.32 Å². The zero-order valence-corrected chi connectivity index (χ0v) is 13.0. The average molecular weight is 294 g/mol. The molecule has 4 nitrogen and oxygen atoms in total. The molecule has 0 bridgehead atoms. The SMILES string of the molecule is Cc1ccc(C)c(S(=O)(=O)N2CCC3(CCNC3)C2)c1. The van der Waals surface area contributed by atoms with E-state index < -0.39 is 10.0 Å². The number of rotatable bonds is 2. The van der Waals surface area contributed by atoms with Gasteiger partial charge in [-0.2, -0.15) is 4.31 Å². The van der Waals surface area contributed by atoms with E-state index in [0.717, 1.165) is 37.1 Å². The molecule has 0 amide bonds. The third-order valence-electron chi connectivity index (χ3n) is 4.70. The van der Waals surface area contributed by atoms with Gasteiger partial charge in [-0.15, -0.1) is 0 Å². The molecular weight excluding hydrogens is 272 g/mol. The molecule has 2 heterocycles. The lowest BCUT2D eigenvalue weighted by molar-refractivity contribution is 0.338. The number of nitrogens with zero attached hydrogens (tertiary/aromatic N) is 1. The van der Waals surface area contributed by atoms with Crippen LogP contribution in [0.1, 0.15) is 24.0 Å². The van der Waals surface area contributed by atoms with Crippen molar-refractivity contribution in [1.82, 2.24) is 9.62 Å². The lowest BCUT2D eigenvalue weighted by Crippen LogP contribution is -2.33. The zero-order valence-electron chi connectivity index (χ0n) is 12.1. The van der Waals surface area contributed by atoms with Crippen molar-refractivity contribution in [1.29, 1.82) is 0 Å². The van der Waals surface area contributed by atoms with E-state index in [2.05, 4.69) is 5.32 Å². The average Bonchev–Trinajstić information content (AvgIpc) is 3.04.